The van der Waals surface area contributed by atoms with Gasteiger partial charge in [0, 0.05) is 5.56 Å². The van der Waals surface area contributed by atoms with E-state index in [0.29, 0.717) is 35.7 Å². The van der Waals surface area contributed by atoms with Gasteiger partial charge in [-0.1, -0.05) is 30.3 Å². The van der Waals surface area contributed by atoms with Crippen LogP contribution in [0.3, 0.4) is 0 Å². The van der Waals surface area contributed by atoms with Crippen LogP contribution in [-0.4, -0.2) is 29.3 Å². The van der Waals surface area contributed by atoms with E-state index in [2.05, 4.69) is 5.10 Å². The highest BCUT2D eigenvalue weighted by atomic mass is 19.4. The van der Waals surface area contributed by atoms with E-state index in [0.717, 1.165) is 41.7 Å². The molecule has 0 unspecified atom stereocenters. The van der Waals surface area contributed by atoms with Gasteiger partial charge in [0.25, 0.3) is 5.91 Å². The Balaban J connectivity index is 1.41. The van der Waals surface area contributed by atoms with E-state index < -0.39 is 23.1 Å². The summed E-state index contributed by atoms with van der Waals surface area (Å²) in [7, 11) is 0. The van der Waals surface area contributed by atoms with Crippen LogP contribution in [0.25, 0.3) is 11.1 Å². The second kappa shape index (κ2) is 11.5. The molecule has 3 aromatic rings. The molecule has 1 aliphatic heterocycles. The van der Waals surface area contributed by atoms with E-state index in [1.165, 1.54) is 17.1 Å². The van der Waals surface area contributed by atoms with Crippen molar-refractivity contribution in [1.82, 2.24) is 0 Å². The molecule has 0 atom stereocenters. The number of hydrazone groups is 1. The SMILES string of the molecule is CCOc1ccc(-c2ccc(CCCC3=NN(c4ccc(C(F)(F)F)cc4)C(=O)C3(C)C)cc2)cc1CC(=O)O. The van der Waals surface area contributed by atoms with Crippen molar-refractivity contribution in [2.24, 2.45) is 10.5 Å². The fraction of sp³-hybridized carbons (Fsp3) is 0.323. The van der Waals surface area contributed by atoms with Gasteiger partial charge < -0.3 is 9.84 Å². The van der Waals surface area contributed by atoms with Crippen molar-refractivity contribution >= 4 is 23.3 Å². The largest absolute Gasteiger partial charge is 0.494 e. The first-order chi connectivity index (χ1) is 18.9. The summed E-state index contributed by atoms with van der Waals surface area (Å²) < 4.78 is 44.3. The number of aryl methyl sites for hydroxylation is 1. The lowest BCUT2D eigenvalue weighted by Crippen LogP contribution is -2.34. The number of nitrogens with zero attached hydrogens (tertiary/aromatic N) is 2. The molecule has 1 N–H and O–H groups in total. The van der Waals surface area contributed by atoms with Gasteiger partial charge in [0.05, 0.1) is 35.4 Å². The summed E-state index contributed by atoms with van der Waals surface area (Å²) in [5.41, 5.74) is 2.94. The average molecular weight is 553 g/mol. The van der Waals surface area contributed by atoms with Gasteiger partial charge in [-0.3, -0.25) is 9.59 Å². The van der Waals surface area contributed by atoms with Gasteiger partial charge in [0.2, 0.25) is 0 Å². The lowest BCUT2D eigenvalue weighted by atomic mass is 9.84. The van der Waals surface area contributed by atoms with Crippen LogP contribution in [0.1, 0.15) is 50.3 Å². The van der Waals surface area contributed by atoms with Gasteiger partial charge in [-0.25, -0.2) is 5.01 Å². The van der Waals surface area contributed by atoms with E-state index in [1.54, 1.807) is 19.9 Å². The number of carbonyl (C=O) groups excluding carboxylic acids is 1. The molecule has 40 heavy (non-hydrogen) atoms. The van der Waals surface area contributed by atoms with Gasteiger partial charge in [-0.05, 0) is 93.1 Å². The number of hydrogen-bond donors (Lipinski definition) is 1. The molecule has 6 nitrogen and oxygen atoms in total. The molecule has 1 heterocycles. The Hall–Kier alpha value is -4.14. The number of aliphatic carboxylic acids is 1. The van der Waals surface area contributed by atoms with E-state index >= 15 is 0 Å². The molecule has 0 aliphatic carbocycles. The van der Waals surface area contributed by atoms with E-state index in [1.807, 2.05) is 43.3 Å². The van der Waals surface area contributed by atoms with Crippen LogP contribution in [0.15, 0.2) is 71.8 Å². The van der Waals surface area contributed by atoms with Gasteiger partial charge in [0.15, 0.2) is 0 Å². The van der Waals surface area contributed by atoms with Crippen LogP contribution >= 0.6 is 0 Å². The fourth-order valence-electron chi connectivity index (χ4n) is 4.69. The number of carbonyl (C=O) groups is 2. The normalized spacial score (nSPS) is 14.8. The lowest BCUT2D eigenvalue weighted by Gasteiger charge is -2.20. The number of carboxylic acid groups (broad SMARTS) is 1. The third-order valence-corrected chi connectivity index (χ3v) is 6.98. The second-order valence-electron chi connectivity index (χ2n) is 10.2. The van der Waals surface area contributed by atoms with Crippen molar-refractivity contribution in [2.45, 2.75) is 52.6 Å². The molecule has 1 amide bonds. The first-order valence-corrected chi connectivity index (χ1v) is 13.1. The Kier molecular flexibility index (Phi) is 8.32. The smallest absolute Gasteiger partial charge is 0.416 e. The van der Waals surface area contributed by atoms with Crippen molar-refractivity contribution in [3.05, 3.63) is 83.4 Å². The number of rotatable bonds is 10. The van der Waals surface area contributed by atoms with Gasteiger partial charge >= 0.3 is 12.1 Å². The summed E-state index contributed by atoms with van der Waals surface area (Å²) >= 11 is 0. The van der Waals surface area contributed by atoms with E-state index in [-0.39, 0.29) is 12.3 Å². The van der Waals surface area contributed by atoms with Crippen molar-refractivity contribution in [3.8, 4) is 16.9 Å². The highest BCUT2D eigenvalue weighted by Gasteiger charge is 2.43. The van der Waals surface area contributed by atoms with Crippen LogP contribution in [0.2, 0.25) is 0 Å². The maximum atomic E-state index is 13.0. The summed E-state index contributed by atoms with van der Waals surface area (Å²) in [4.78, 5) is 24.3. The molecule has 0 aromatic heterocycles. The van der Waals surface area contributed by atoms with E-state index in [4.69, 9.17) is 4.74 Å². The summed E-state index contributed by atoms with van der Waals surface area (Å²) in [5.74, 6) is -0.629. The maximum absolute atomic E-state index is 13.0. The number of hydrogen-bond acceptors (Lipinski definition) is 4. The van der Waals surface area contributed by atoms with Crippen LogP contribution < -0.4 is 9.75 Å². The molecule has 4 rings (SSSR count). The minimum absolute atomic E-state index is 0.125. The zero-order chi connectivity index (χ0) is 29.1. The average Bonchev–Trinajstić information content (AvgIpc) is 3.13. The Morgan fingerprint density at radius 1 is 0.975 bits per heavy atom. The first-order valence-electron chi connectivity index (χ1n) is 13.1. The quantitative estimate of drug-likeness (QED) is 0.290. The Morgan fingerprint density at radius 2 is 1.62 bits per heavy atom. The second-order valence-corrected chi connectivity index (χ2v) is 10.2. The number of alkyl halides is 3. The standard InChI is InChI=1S/C31H31F3N2O4/c1-4-40-26-17-12-22(18-23(26)19-28(37)38)21-10-8-20(9-11-21)6-5-7-27-30(2,3)29(39)36(35-27)25-15-13-24(14-16-25)31(32,33)34/h8-18H,4-7,19H2,1-3H3,(H,37,38). The summed E-state index contributed by atoms with van der Waals surface area (Å²) in [6.07, 6.45) is -2.52. The summed E-state index contributed by atoms with van der Waals surface area (Å²) in [5, 5.41) is 14.9. The molecule has 0 spiro atoms. The number of anilines is 1. The number of halogens is 3. The number of ether oxygens (including phenoxy) is 1. The number of benzene rings is 3. The fourth-order valence-corrected chi connectivity index (χ4v) is 4.69. The zero-order valence-electron chi connectivity index (χ0n) is 22.6. The highest BCUT2D eigenvalue weighted by molar-refractivity contribution is 6.18. The molecule has 0 saturated heterocycles. The first kappa shape index (κ1) is 28.9. The Morgan fingerprint density at radius 3 is 2.23 bits per heavy atom. The molecule has 1 aliphatic rings. The summed E-state index contributed by atoms with van der Waals surface area (Å²) in [6, 6.07) is 18.0. The van der Waals surface area contributed by atoms with Crippen molar-refractivity contribution in [2.75, 3.05) is 11.6 Å². The highest BCUT2D eigenvalue weighted by Crippen LogP contribution is 2.36. The molecule has 0 bridgehead atoms. The molecule has 0 radical (unpaired) electrons. The molecule has 3 aromatic carbocycles. The molecular weight excluding hydrogens is 521 g/mol. The molecule has 0 saturated carbocycles. The minimum Gasteiger partial charge on any atom is -0.494 e. The maximum Gasteiger partial charge on any atom is 0.416 e. The van der Waals surface area contributed by atoms with Gasteiger partial charge in [-0.2, -0.15) is 18.3 Å². The number of carboxylic acids is 1. The Bertz CT molecular complexity index is 1410. The molecule has 210 valence electrons. The topological polar surface area (TPSA) is 79.2 Å². The van der Waals surface area contributed by atoms with Crippen LogP contribution in [0.4, 0.5) is 18.9 Å². The van der Waals surface area contributed by atoms with Crippen molar-refractivity contribution in [1.29, 1.82) is 0 Å². The third kappa shape index (κ3) is 6.35. The lowest BCUT2D eigenvalue weighted by molar-refractivity contribution is -0.138. The number of amides is 1. The van der Waals surface area contributed by atoms with Gasteiger partial charge in [-0.15, -0.1) is 0 Å². The Labute approximate surface area is 231 Å². The predicted octanol–water partition coefficient (Wildman–Crippen LogP) is 7.15. The van der Waals surface area contributed by atoms with Crippen LogP contribution in [0, 0.1) is 5.41 Å². The zero-order valence-corrected chi connectivity index (χ0v) is 22.6. The monoisotopic (exact) mass is 552 g/mol. The molecule has 0 fully saturated rings. The molecular formula is C31H31F3N2O4. The van der Waals surface area contributed by atoms with E-state index in [9.17, 15) is 27.9 Å². The predicted molar refractivity (Wildman–Crippen MR) is 147 cm³/mol. The van der Waals surface area contributed by atoms with Crippen LogP contribution in [-0.2, 0) is 28.6 Å². The van der Waals surface area contributed by atoms with Crippen molar-refractivity contribution < 1.29 is 32.6 Å². The third-order valence-electron chi connectivity index (χ3n) is 6.98. The van der Waals surface area contributed by atoms with Crippen LogP contribution in [0.5, 0.6) is 5.75 Å². The minimum atomic E-state index is -4.45. The van der Waals surface area contributed by atoms with Crippen molar-refractivity contribution in [3.63, 3.8) is 0 Å². The molecule has 9 heteroatoms. The summed E-state index contributed by atoms with van der Waals surface area (Å²) in [6.45, 7) is 5.86. The van der Waals surface area contributed by atoms with Gasteiger partial charge in [0.1, 0.15) is 5.75 Å².